The van der Waals surface area contributed by atoms with Crippen LogP contribution in [0, 0.1) is 6.07 Å². The molecule has 0 atom stereocenters. The van der Waals surface area contributed by atoms with Crippen molar-refractivity contribution in [2.45, 2.75) is 0 Å². The smallest absolute Gasteiger partial charge is 0.0431 e. The molecule has 0 saturated carbocycles. The Bertz CT molecular complexity index is 140. The van der Waals surface area contributed by atoms with Crippen LogP contribution in [0.5, 0.6) is 0 Å². The highest BCUT2D eigenvalue weighted by Gasteiger charge is 1.83. The predicted octanol–water partition coefficient (Wildman–Crippen LogP) is 1.59. The van der Waals surface area contributed by atoms with Crippen molar-refractivity contribution in [2.24, 2.45) is 7.05 Å². The number of hydrogen-bond donors (Lipinski definition) is 0. The van der Waals surface area contributed by atoms with Gasteiger partial charge in [-0.1, -0.05) is 0 Å². The number of nitrogens with zero attached hydrogens (tertiary/aromatic N) is 1. The second-order valence-corrected chi connectivity index (χ2v) is 2.27. The zero-order valence-corrected chi connectivity index (χ0v) is 5.57. The summed E-state index contributed by atoms with van der Waals surface area (Å²) < 4.78 is 2.94. The van der Waals surface area contributed by atoms with E-state index in [2.05, 4.69) is 22.0 Å². The Balaban J connectivity index is 3.04. The van der Waals surface area contributed by atoms with Gasteiger partial charge in [-0.3, -0.25) is 0 Å². The van der Waals surface area contributed by atoms with E-state index >= 15 is 0 Å². The largest absolute Gasteiger partial charge is 0.355 e. The van der Waals surface area contributed by atoms with Crippen LogP contribution >= 0.6 is 15.9 Å². The summed E-state index contributed by atoms with van der Waals surface area (Å²) in [6.45, 7) is 0. The Hall–Kier alpha value is -0.240. The quantitative estimate of drug-likeness (QED) is 0.541. The molecule has 1 aromatic heterocycles. The van der Waals surface area contributed by atoms with Gasteiger partial charge in [0.15, 0.2) is 0 Å². The highest BCUT2D eigenvalue weighted by Crippen LogP contribution is 2.05. The maximum Gasteiger partial charge on any atom is 0.0431 e. The lowest BCUT2D eigenvalue weighted by atomic mass is 10.7. The summed E-state index contributed by atoms with van der Waals surface area (Å²) in [6, 6.07) is 2.95. The molecule has 7 heavy (non-hydrogen) atoms. The van der Waals surface area contributed by atoms with E-state index in [9.17, 15) is 0 Å². The number of halogens is 1. The fraction of sp³-hybridized carbons (Fsp3) is 0.200. The molecule has 1 radical (unpaired) electrons. The molecule has 0 bridgehead atoms. The van der Waals surface area contributed by atoms with E-state index in [4.69, 9.17) is 0 Å². The van der Waals surface area contributed by atoms with Crippen molar-refractivity contribution in [3.63, 3.8) is 0 Å². The standard InChI is InChI=1S/C5H5BrN/c1-7-3-2-5(6)4-7/h3-4H,1H3. The summed E-state index contributed by atoms with van der Waals surface area (Å²) in [5.74, 6) is 0. The van der Waals surface area contributed by atoms with Crippen LogP contribution in [0.1, 0.15) is 0 Å². The Morgan fingerprint density at radius 3 is 2.71 bits per heavy atom. The van der Waals surface area contributed by atoms with Crippen molar-refractivity contribution in [2.75, 3.05) is 0 Å². The van der Waals surface area contributed by atoms with E-state index in [1.54, 1.807) is 0 Å². The summed E-state index contributed by atoms with van der Waals surface area (Å²) in [5, 5.41) is 0. The van der Waals surface area contributed by atoms with Gasteiger partial charge in [-0.05, 0) is 15.9 Å². The van der Waals surface area contributed by atoms with Crippen molar-refractivity contribution in [3.05, 3.63) is 22.9 Å². The van der Waals surface area contributed by atoms with E-state index in [0.29, 0.717) is 0 Å². The third-order valence-electron chi connectivity index (χ3n) is 0.723. The molecular weight excluding hydrogens is 154 g/mol. The van der Waals surface area contributed by atoms with Crippen LogP contribution in [-0.4, -0.2) is 4.57 Å². The van der Waals surface area contributed by atoms with Crippen molar-refractivity contribution in [1.82, 2.24) is 4.57 Å². The van der Waals surface area contributed by atoms with Gasteiger partial charge in [-0.2, -0.15) is 0 Å². The molecule has 0 aliphatic carbocycles. The zero-order chi connectivity index (χ0) is 5.28. The average molecular weight is 159 g/mol. The van der Waals surface area contributed by atoms with Crippen molar-refractivity contribution < 1.29 is 0 Å². The summed E-state index contributed by atoms with van der Waals surface area (Å²) in [5.41, 5.74) is 0. The van der Waals surface area contributed by atoms with Crippen molar-refractivity contribution in [3.8, 4) is 0 Å². The summed E-state index contributed by atoms with van der Waals surface area (Å²) in [7, 11) is 1.96. The molecule has 0 fully saturated rings. The topological polar surface area (TPSA) is 4.93 Å². The molecule has 0 amide bonds. The van der Waals surface area contributed by atoms with Crippen LogP contribution in [0.15, 0.2) is 16.9 Å². The highest BCUT2D eigenvalue weighted by atomic mass is 79.9. The van der Waals surface area contributed by atoms with Gasteiger partial charge in [-0.15, -0.1) is 0 Å². The van der Waals surface area contributed by atoms with Gasteiger partial charge in [0.25, 0.3) is 0 Å². The summed E-state index contributed by atoms with van der Waals surface area (Å²) in [6.07, 6.45) is 3.81. The molecule has 0 aliphatic rings. The van der Waals surface area contributed by atoms with Gasteiger partial charge in [0, 0.05) is 30.0 Å². The molecule has 0 aromatic carbocycles. The lowest BCUT2D eigenvalue weighted by Crippen LogP contribution is -1.75. The van der Waals surface area contributed by atoms with Crippen LogP contribution in [0.2, 0.25) is 0 Å². The molecular formula is C5H5BrN. The first kappa shape index (κ1) is 4.91. The molecule has 0 spiro atoms. The van der Waals surface area contributed by atoms with Gasteiger partial charge in [0.1, 0.15) is 0 Å². The number of hydrogen-bond acceptors (Lipinski definition) is 0. The van der Waals surface area contributed by atoms with Crippen molar-refractivity contribution >= 4 is 15.9 Å². The number of aryl methyl sites for hydroxylation is 1. The fourth-order valence-corrected chi connectivity index (χ4v) is 0.842. The second-order valence-electron chi connectivity index (χ2n) is 1.42. The normalized spacial score (nSPS) is 9.43. The molecule has 37 valence electrons. The number of aromatic nitrogens is 1. The van der Waals surface area contributed by atoms with Crippen LogP contribution in [-0.2, 0) is 7.05 Å². The Kier molecular flexibility index (Phi) is 1.19. The third-order valence-corrected chi connectivity index (χ3v) is 1.16. The average Bonchev–Trinajstić information content (AvgIpc) is 1.87. The van der Waals surface area contributed by atoms with Gasteiger partial charge < -0.3 is 4.57 Å². The molecule has 0 saturated heterocycles. The molecule has 0 aliphatic heterocycles. The summed E-state index contributed by atoms with van der Waals surface area (Å²) >= 11 is 3.26. The fourth-order valence-electron chi connectivity index (χ4n) is 0.417. The van der Waals surface area contributed by atoms with E-state index in [1.807, 2.05) is 24.0 Å². The molecule has 1 aromatic rings. The Labute approximate surface area is 51.1 Å². The molecule has 1 rings (SSSR count). The first-order valence-electron chi connectivity index (χ1n) is 1.98. The van der Waals surface area contributed by atoms with Crippen LogP contribution in [0.25, 0.3) is 0 Å². The molecule has 2 heteroatoms. The van der Waals surface area contributed by atoms with E-state index in [-0.39, 0.29) is 0 Å². The lowest BCUT2D eigenvalue weighted by molar-refractivity contribution is 0.926. The molecule has 1 nitrogen and oxygen atoms in total. The van der Waals surface area contributed by atoms with Crippen molar-refractivity contribution in [1.29, 1.82) is 0 Å². The highest BCUT2D eigenvalue weighted by molar-refractivity contribution is 9.10. The maximum atomic E-state index is 3.26. The lowest BCUT2D eigenvalue weighted by Gasteiger charge is -1.80. The van der Waals surface area contributed by atoms with Gasteiger partial charge >= 0.3 is 0 Å². The van der Waals surface area contributed by atoms with Gasteiger partial charge in [-0.25, -0.2) is 0 Å². The number of rotatable bonds is 0. The van der Waals surface area contributed by atoms with E-state index in [1.165, 1.54) is 0 Å². The van der Waals surface area contributed by atoms with Crippen LogP contribution in [0.3, 0.4) is 0 Å². The Morgan fingerprint density at radius 2 is 2.57 bits per heavy atom. The van der Waals surface area contributed by atoms with E-state index in [0.717, 1.165) is 4.47 Å². The molecule has 0 N–H and O–H groups in total. The van der Waals surface area contributed by atoms with Crippen LogP contribution in [0.4, 0.5) is 0 Å². The van der Waals surface area contributed by atoms with Gasteiger partial charge in [0.05, 0.1) is 0 Å². The minimum Gasteiger partial charge on any atom is -0.355 e. The molecule has 0 unspecified atom stereocenters. The van der Waals surface area contributed by atoms with Gasteiger partial charge in [0.2, 0.25) is 0 Å². The monoisotopic (exact) mass is 158 g/mol. The first-order valence-corrected chi connectivity index (χ1v) is 2.77. The minimum absolute atomic E-state index is 1.01. The second kappa shape index (κ2) is 1.70. The molecule has 1 heterocycles. The first-order chi connectivity index (χ1) is 3.29. The third kappa shape index (κ3) is 1.06. The van der Waals surface area contributed by atoms with Crippen LogP contribution < -0.4 is 0 Å². The summed E-state index contributed by atoms with van der Waals surface area (Å²) in [4.78, 5) is 0. The van der Waals surface area contributed by atoms with E-state index < -0.39 is 0 Å². The Morgan fingerprint density at radius 1 is 1.86 bits per heavy atom. The maximum absolute atomic E-state index is 3.26. The minimum atomic E-state index is 1.01. The SMILES string of the molecule is Cn1c[c]c(Br)c1. The predicted molar refractivity (Wildman–Crippen MR) is 31.9 cm³/mol. The zero-order valence-electron chi connectivity index (χ0n) is 3.98.